The van der Waals surface area contributed by atoms with Gasteiger partial charge >= 0.3 is 0 Å². The molecule has 0 radical (unpaired) electrons. The minimum atomic E-state index is -0.0623. The van der Waals surface area contributed by atoms with Gasteiger partial charge in [-0.15, -0.1) is 0 Å². The molecule has 70 heavy (non-hydrogen) atoms. The highest BCUT2D eigenvalue weighted by Crippen LogP contribution is 2.43. The number of imidazole rings is 2. The number of pyridine rings is 2. The number of benzene rings is 4. The molecular formula is C54H54N10O6. The second-order valence-electron chi connectivity index (χ2n) is 17.7. The number of fused-ring (bicyclic) bond motifs is 4. The first-order chi connectivity index (χ1) is 34.4. The molecule has 0 spiro atoms. The van der Waals surface area contributed by atoms with Gasteiger partial charge in [-0.25, -0.2) is 9.97 Å². The lowest BCUT2D eigenvalue weighted by atomic mass is 10.0. The number of nitrogens with zero attached hydrogens (tertiary/aromatic N) is 8. The van der Waals surface area contributed by atoms with Crippen LogP contribution in [0.4, 0.5) is 0 Å². The maximum Gasteiger partial charge on any atom is 0.274 e. The summed E-state index contributed by atoms with van der Waals surface area (Å²) in [5.74, 6) is 2.89. The van der Waals surface area contributed by atoms with E-state index in [1.165, 1.54) is 0 Å². The molecule has 0 atom stereocenters. The normalized spacial score (nSPS) is 14.7. The monoisotopic (exact) mass is 938 g/mol. The molecule has 16 heteroatoms. The van der Waals surface area contributed by atoms with Gasteiger partial charge in [0, 0.05) is 124 Å². The van der Waals surface area contributed by atoms with E-state index in [4.69, 9.17) is 23.9 Å². The summed E-state index contributed by atoms with van der Waals surface area (Å²) in [6, 6.07) is 31.6. The Labute approximate surface area is 402 Å². The highest BCUT2D eigenvalue weighted by Gasteiger charge is 2.23. The van der Waals surface area contributed by atoms with Crippen molar-refractivity contribution in [1.82, 2.24) is 48.0 Å². The third-order valence-corrected chi connectivity index (χ3v) is 13.3. The molecule has 10 aromatic rings. The third kappa shape index (κ3) is 8.89. The van der Waals surface area contributed by atoms with Gasteiger partial charge in [-0.3, -0.25) is 19.4 Å². The van der Waals surface area contributed by atoms with Crippen molar-refractivity contribution in [2.24, 2.45) is 14.1 Å². The summed E-state index contributed by atoms with van der Waals surface area (Å²) < 4.78 is 31.6. The number of nitrogens with one attached hydrogen (secondary N) is 2. The van der Waals surface area contributed by atoms with E-state index in [1.807, 2.05) is 110 Å². The quantitative estimate of drug-likeness (QED) is 0.123. The smallest absolute Gasteiger partial charge is 0.274 e. The van der Waals surface area contributed by atoms with Gasteiger partial charge in [0.25, 0.3) is 11.1 Å². The molecule has 6 aromatic heterocycles. The molecule has 8 heterocycles. The lowest BCUT2D eigenvalue weighted by molar-refractivity contribution is 0.0364. The molecule has 4 aromatic carbocycles. The van der Waals surface area contributed by atoms with Crippen LogP contribution in [-0.2, 0) is 36.7 Å². The van der Waals surface area contributed by atoms with Crippen LogP contribution in [0.5, 0.6) is 23.0 Å². The van der Waals surface area contributed by atoms with E-state index < -0.39 is 0 Å². The van der Waals surface area contributed by atoms with Gasteiger partial charge in [-0.2, -0.15) is 0 Å². The summed E-state index contributed by atoms with van der Waals surface area (Å²) in [4.78, 5) is 45.8. The van der Waals surface area contributed by atoms with Gasteiger partial charge < -0.3 is 47.2 Å². The number of ether oxygens (including phenoxy) is 4. The molecule has 0 aliphatic carbocycles. The van der Waals surface area contributed by atoms with E-state index in [-0.39, 0.29) is 11.1 Å². The summed E-state index contributed by atoms with van der Waals surface area (Å²) in [7, 11) is 3.54. The van der Waals surface area contributed by atoms with Crippen LogP contribution in [0.1, 0.15) is 0 Å². The number of hydrogen-bond donors (Lipinski definition) is 2. The molecule has 12 rings (SSSR count). The van der Waals surface area contributed by atoms with E-state index >= 15 is 0 Å². The highest BCUT2D eigenvalue weighted by molar-refractivity contribution is 6.01. The first-order valence-electron chi connectivity index (χ1n) is 23.7. The Hall–Kier alpha value is -7.76. The molecular weight excluding hydrogens is 885 g/mol. The summed E-state index contributed by atoms with van der Waals surface area (Å²) in [6.45, 7) is 10.4. The van der Waals surface area contributed by atoms with E-state index in [0.717, 1.165) is 151 Å². The predicted molar refractivity (Wildman–Crippen MR) is 272 cm³/mol. The summed E-state index contributed by atoms with van der Waals surface area (Å²) in [6.07, 6.45) is 11.1. The summed E-state index contributed by atoms with van der Waals surface area (Å²) >= 11 is 0. The van der Waals surface area contributed by atoms with Crippen LogP contribution in [0.25, 0.3) is 66.1 Å². The lowest BCUT2D eigenvalue weighted by Gasteiger charge is -2.26. The average Bonchev–Trinajstić information content (AvgIpc) is 4.25. The Balaban J connectivity index is 0.000000152. The molecule has 16 nitrogen and oxygen atoms in total. The maximum atomic E-state index is 12.7. The number of para-hydroxylation sites is 2. The number of aryl methyl sites for hydroxylation is 2. The Morgan fingerprint density at radius 2 is 1.04 bits per heavy atom. The first kappa shape index (κ1) is 44.7. The van der Waals surface area contributed by atoms with Crippen LogP contribution in [0, 0.1) is 0 Å². The zero-order valence-corrected chi connectivity index (χ0v) is 39.2. The van der Waals surface area contributed by atoms with Crippen molar-refractivity contribution < 1.29 is 18.9 Å². The molecule has 2 saturated heterocycles. The second kappa shape index (κ2) is 19.7. The van der Waals surface area contributed by atoms with Gasteiger partial charge in [-0.1, -0.05) is 36.4 Å². The molecule has 2 fully saturated rings. The van der Waals surface area contributed by atoms with E-state index in [0.29, 0.717) is 16.8 Å². The largest absolute Gasteiger partial charge is 0.454 e. The predicted octanol–water partition coefficient (Wildman–Crippen LogP) is 8.02. The molecule has 0 saturated carbocycles. The Kier molecular flexibility index (Phi) is 12.6. The Bertz CT molecular complexity index is 3560. The lowest BCUT2D eigenvalue weighted by Crippen LogP contribution is -2.38. The molecule has 0 bridgehead atoms. The van der Waals surface area contributed by atoms with Gasteiger partial charge in [-0.05, 0) is 60.7 Å². The zero-order chi connectivity index (χ0) is 47.6. The number of hydrogen-bond acceptors (Lipinski definition) is 10. The molecule has 0 unspecified atom stereocenters. The second-order valence-corrected chi connectivity index (χ2v) is 17.7. The van der Waals surface area contributed by atoms with Gasteiger partial charge in [0.15, 0.2) is 11.5 Å². The maximum absolute atomic E-state index is 12.7. The Morgan fingerprint density at radius 3 is 1.61 bits per heavy atom. The molecule has 356 valence electrons. The SMILES string of the molecule is Cn1cc(-c2ccc3c(ncn3CCN3CCOCC3)c2Oc2ccccc2)c2cc[nH]c2c1=O.Cn1cc(-c2ccc3ncn(CCN4CCOCC4)c3c2Oc2ccccc2)c2cc[nH]c2c1=O. The topological polar surface area (TPSA) is 155 Å². The van der Waals surface area contributed by atoms with Crippen molar-refractivity contribution in [2.75, 3.05) is 65.7 Å². The average molecular weight is 939 g/mol. The van der Waals surface area contributed by atoms with Gasteiger partial charge in [0.05, 0.1) is 50.1 Å². The Morgan fingerprint density at radius 1 is 0.543 bits per heavy atom. The summed E-state index contributed by atoms with van der Waals surface area (Å²) in [5.41, 5.74) is 8.31. The third-order valence-electron chi connectivity index (χ3n) is 13.3. The van der Waals surface area contributed by atoms with E-state index in [2.05, 4.69) is 46.0 Å². The van der Waals surface area contributed by atoms with Crippen molar-refractivity contribution >= 4 is 43.9 Å². The van der Waals surface area contributed by atoms with Crippen LogP contribution < -0.4 is 20.6 Å². The van der Waals surface area contributed by atoms with Crippen LogP contribution in [0.3, 0.4) is 0 Å². The van der Waals surface area contributed by atoms with E-state index in [1.54, 1.807) is 35.6 Å². The highest BCUT2D eigenvalue weighted by atomic mass is 16.5. The van der Waals surface area contributed by atoms with Crippen molar-refractivity contribution in [1.29, 1.82) is 0 Å². The van der Waals surface area contributed by atoms with E-state index in [9.17, 15) is 9.59 Å². The first-order valence-corrected chi connectivity index (χ1v) is 23.7. The number of aromatic nitrogens is 8. The standard InChI is InChI=1S/2C27H27N5O3/c1-30-17-22(20-9-10-28-24(20)27(30)33)21-7-8-23-25(26(21)35-19-5-3-2-4-6-19)29-18-32(23)12-11-31-13-15-34-16-14-31;1-30-17-22(20-9-10-28-24(20)27(30)33)21-7-8-23-25(26(21)35-19-5-3-2-4-6-19)32(18-29-23)12-11-31-13-15-34-16-14-31/h2*2-10,17-18,28H,11-16H2,1H3. The number of rotatable bonds is 12. The van der Waals surface area contributed by atoms with Crippen molar-refractivity contribution in [2.45, 2.75) is 13.1 Å². The van der Waals surface area contributed by atoms with Crippen LogP contribution >= 0.6 is 0 Å². The number of H-pyrrole nitrogens is 2. The number of morpholine rings is 2. The fraction of sp³-hybridized carbons (Fsp3) is 0.259. The zero-order valence-electron chi connectivity index (χ0n) is 39.2. The van der Waals surface area contributed by atoms with Crippen molar-refractivity contribution in [3.8, 4) is 45.3 Å². The molecule has 2 aliphatic heterocycles. The fourth-order valence-corrected chi connectivity index (χ4v) is 9.55. The number of aromatic amines is 2. The van der Waals surface area contributed by atoms with Gasteiger partial charge in [0.1, 0.15) is 33.6 Å². The van der Waals surface area contributed by atoms with Crippen molar-refractivity contribution in [3.63, 3.8) is 0 Å². The van der Waals surface area contributed by atoms with Crippen LogP contribution in [0.2, 0.25) is 0 Å². The fourth-order valence-electron chi connectivity index (χ4n) is 9.55. The molecule has 0 amide bonds. The minimum absolute atomic E-state index is 0.0593. The minimum Gasteiger partial charge on any atom is -0.454 e. The van der Waals surface area contributed by atoms with Crippen molar-refractivity contribution in [3.05, 3.63) is 155 Å². The summed E-state index contributed by atoms with van der Waals surface area (Å²) in [5, 5.41) is 1.72. The molecule has 2 N–H and O–H groups in total. The van der Waals surface area contributed by atoms with Crippen LogP contribution in [-0.4, -0.2) is 114 Å². The van der Waals surface area contributed by atoms with Crippen LogP contribution in [0.15, 0.2) is 144 Å². The van der Waals surface area contributed by atoms with Gasteiger partial charge in [0.2, 0.25) is 0 Å². The molecule has 2 aliphatic rings.